The number of anilines is 1. The van der Waals surface area contributed by atoms with Gasteiger partial charge in [-0.15, -0.1) is 0 Å². The van der Waals surface area contributed by atoms with Gasteiger partial charge in [0.1, 0.15) is 11.7 Å². The number of hydrogen-bond donors (Lipinski definition) is 1. The number of carbonyl (C=O) groups excluding carboxylic acids is 1. The van der Waals surface area contributed by atoms with Crippen LogP contribution in [0.25, 0.3) is 0 Å². The third kappa shape index (κ3) is 3.82. The van der Waals surface area contributed by atoms with E-state index in [1.165, 1.54) is 0 Å². The van der Waals surface area contributed by atoms with E-state index in [2.05, 4.69) is 26.2 Å². The number of halogens is 1. The second kappa shape index (κ2) is 6.36. The molecular formula is C12H14BrN3O. The molecule has 1 aromatic rings. The summed E-state index contributed by atoms with van der Waals surface area (Å²) in [4.78, 5) is 15.9. The van der Waals surface area contributed by atoms with Crippen molar-refractivity contribution in [2.75, 3.05) is 5.32 Å². The number of aryl methyl sites for hydroxylation is 1. The van der Waals surface area contributed by atoms with Crippen molar-refractivity contribution in [3.05, 3.63) is 22.3 Å². The fourth-order valence-corrected chi connectivity index (χ4v) is 1.86. The van der Waals surface area contributed by atoms with Gasteiger partial charge < -0.3 is 5.32 Å². The molecule has 5 heteroatoms. The molecule has 1 aromatic heterocycles. The average molecular weight is 296 g/mol. The lowest BCUT2D eigenvalue weighted by Gasteiger charge is -2.10. The number of hydrogen-bond acceptors (Lipinski definition) is 3. The highest BCUT2D eigenvalue weighted by Crippen LogP contribution is 2.18. The predicted molar refractivity (Wildman–Crippen MR) is 69.3 cm³/mol. The minimum atomic E-state index is -0.607. The van der Waals surface area contributed by atoms with E-state index in [1.54, 1.807) is 6.20 Å². The lowest BCUT2D eigenvalue weighted by atomic mass is 10.0. The van der Waals surface area contributed by atoms with Crippen molar-refractivity contribution < 1.29 is 4.79 Å². The van der Waals surface area contributed by atoms with Gasteiger partial charge in [-0.3, -0.25) is 4.79 Å². The minimum Gasteiger partial charge on any atom is -0.309 e. The highest BCUT2D eigenvalue weighted by molar-refractivity contribution is 9.10. The Hall–Kier alpha value is -1.41. The topological polar surface area (TPSA) is 65.8 Å². The normalized spacial score (nSPS) is 11.6. The molecule has 1 heterocycles. The first-order valence-electron chi connectivity index (χ1n) is 5.41. The van der Waals surface area contributed by atoms with Gasteiger partial charge in [0.05, 0.1) is 6.07 Å². The predicted octanol–water partition coefficient (Wildman–Crippen LogP) is 3.03. The van der Waals surface area contributed by atoms with Gasteiger partial charge >= 0.3 is 0 Å². The van der Waals surface area contributed by atoms with Crippen LogP contribution in [-0.2, 0) is 4.79 Å². The molecule has 0 aromatic carbocycles. The summed E-state index contributed by atoms with van der Waals surface area (Å²) in [7, 11) is 0. The van der Waals surface area contributed by atoms with Crippen LogP contribution in [0.4, 0.5) is 5.82 Å². The third-order valence-electron chi connectivity index (χ3n) is 2.34. The van der Waals surface area contributed by atoms with Gasteiger partial charge in [-0.1, -0.05) is 13.3 Å². The molecular weight excluding hydrogens is 282 g/mol. The van der Waals surface area contributed by atoms with Crippen LogP contribution >= 0.6 is 15.9 Å². The van der Waals surface area contributed by atoms with Crippen molar-refractivity contribution in [2.45, 2.75) is 26.7 Å². The zero-order valence-electron chi connectivity index (χ0n) is 9.83. The smallest absolute Gasteiger partial charge is 0.242 e. The Bertz CT molecular complexity index is 454. The van der Waals surface area contributed by atoms with Crippen LogP contribution in [0, 0.1) is 24.2 Å². The fourth-order valence-electron chi connectivity index (χ4n) is 1.42. The Morgan fingerprint density at radius 2 is 2.41 bits per heavy atom. The van der Waals surface area contributed by atoms with E-state index in [0.29, 0.717) is 12.2 Å². The Labute approximate surface area is 109 Å². The molecule has 90 valence electrons. The monoisotopic (exact) mass is 295 g/mol. The van der Waals surface area contributed by atoms with Crippen molar-refractivity contribution in [1.29, 1.82) is 5.26 Å². The molecule has 0 spiro atoms. The zero-order chi connectivity index (χ0) is 12.8. The Morgan fingerprint density at radius 1 is 1.71 bits per heavy atom. The number of nitrogens with one attached hydrogen (secondary N) is 1. The first-order valence-corrected chi connectivity index (χ1v) is 6.20. The molecule has 4 nitrogen and oxygen atoms in total. The molecule has 0 saturated heterocycles. The Morgan fingerprint density at radius 3 is 2.94 bits per heavy atom. The lowest BCUT2D eigenvalue weighted by Crippen LogP contribution is -2.22. The fraction of sp³-hybridized carbons (Fsp3) is 0.417. The summed E-state index contributed by atoms with van der Waals surface area (Å²) in [5, 5.41) is 11.6. The van der Waals surface area contributed by atoms with Crippen molar-refractivity contribution in [3.63, 3.8) is 0 Å². The van der Waals surface area contributed by atoms with Crippen molar-refractivity contribution in [3.8, 4) is 6.07 Å². The van der Waals surface area contributed by atoms with Gasteiger partial charge in [-0.05, 0) is 40.9 Å². The van der Waals surface area contributed by atoms with Crippen LogP contribution in [0.5, 0.6) is 0 Å². The van der Waals surface area contributed by atoms with E-state index in [4.69, 9.17) is 5.26 Å². The van der Waals surface area contributed by atoms with Crippen LogP contribution in [0.3, 0.4) is 0 Å². The lowest BCUT2D eigenvalue weighted by molar-refractivity contribution is -0.118. The maximum Gasteiger partial charge on any atom is 0.242 e. The highest BCUT2D eigenvalue weighted by atomic mass is 79.9. The van der Waals surface area contributed by atoms with Crippen molar-refractivity contribution >= 4 is 27.7 Å². The molecule has 1 atom stereocenters. The zero-order valence-corrected chi connectivity index (χ0v) is 11.4. The summed E-state index contributed by atoms with van der Waals surface area (Å²) in [5.74, 6) is -0.383. The van der Waals surface area contributed by atoms with E-state index in [-0.39, 0.29) is 5.91 Å². The number of aromatic nitrogens is 1. The molecule has 0 aliphatic rings. The van der Waals surface area contributed by atoms with Crippen LogP contribution in [0.15, 0.2) is 16.7 Å². The van der Waals surface area contributed by atoms with Crippen molar-refractivity contribution in [2.24, 2.45) is 5.92 Å². The molecule has 1 rings (SSSR count). The molecule has 0 fully saturated rings. The summed E-state index contributed by atoms with van der Waals surface area (Å²) in [6.07, 6.45) is 2.99. The Balaban J connectivity index is 2.77. The average Bonchev–Trinajstić information content (AvgIpc) is 2.29. The molecule has 0 aliphatic carbocycles. The number of amides is 1. The third-order valence-corrected chi connectivity index (χ3v) is 2.77. The number of pyridine rings is 1. The Kier molecular flexibility index (Phi) is 5.11. The first kappa shape index (κ1) is 13.7. The maximum atomic E-state index is 11.8. The van der Waals surface area contributed by atoms with Crippen LogP contribution in [-0.4, -0.2) is 10.9 Å². The highest BCUT2D eigenvalue weighted by Gasteiger charge is 2.17. The molecule has 0 aliphatic heterocycles. The van der Waals surface area contributed by atoms with E-state index < -0.39 is 5.92 Å². The summed E-state index contributed by atoms with van der Waals surface area (Å²) in [5.41, 5.74) is 0.862. The summed E-state index contributed by atoms with van der Waals surface area (Å²) >= 11 is 3.30. The van der Waals surface area contributed by atoms with Crippen molar-refractivity contribution in [1.82, 2.24) is 4.98 Å². The summed E-state index contributed by atoms with van der Waals surface area (Å²) in [6, 6.07) is 3.87. The number of carbonyl (C=O) groups is 1. The minimum absolute atomic E-state index is 0.285. The van der Waals surface area contributed by atoms with Gasteiger partial charge in [0, 0.05) is 10.7 Å². The molecule has 17 heavy (non-hydrogen) atoms. The standard InChI is InChI=1S/C12H14BrN3O/c1-3-4-9(6-14)12(17)16-11-8(2)5-10(13)7-15-11/h5,7,9H,3-4H2,1-2H3,(H,15,16,17). The number of nitriles is 1. The van der Waals surface area contributed by atoms with E-state index in [0.717, 1.165) is 16.5 Å². The van der Waals surface area contributed by atoms with Gasteiger partial charge in [0.2, 0.25) is 5.91 Å². The summed E-state index contributed by atoms with van der Waals surface area (Å²) < 4.78 is 0.860. The maximum absolute atomic E-state index is 11.8. The van der Waals surface area contributed by atoms with Gasteiger partial charge in [-0.2, -0.15) is 5.26 Å². The second-order valence-corrected chi connectivity index (χ2v) is 4.69. The molecule has 0 saturated carbocycles. The van der Waals surface area contributed by atoms with E-state index in [9.17, 15) is 4.79 Å². The number of nitrogens with zero attached hydrogens (tertiary/aromatic N) is 2. The quantitative estimate of drug-likeness (QED) is 0.928. The molecule has 1 unspecified atom stereocenters. The number of rotatable bonds is 4. The largest absolute Gasteiger partial charge is 0.309 e. The van der Waals surface area contributed by atoms with Crippen LogP contribution < -0.4 is 5.32 Å². The molecule has 1 N–H and O–H groups in total. The van der Waals surface area contributed by atoms with E-state index >= 15 is 0 Å². The summed E-state index contributed by atoms with van der Waals surface area (Å²) in [6.45, 7) is 3.80. The molecule has 0 bridgehead atoms. The van der Waals surface area contributed by atoms with Gasteiger partial charge in [0.25, 0.3) is 0 Å². The van der Waals surface area contributed by atoms with Crippen LogP contribution in [0.2, 0.25) is 0 Å². The second-order valence-electron chi connectivity index (χ2n) is 3.78. The van der Waals surface area contributed by atoms with Gasteiger partial charge in [-0.25, -0.2) is 4.98 Å². The van der Waals surface area contributed by atoms with Crippen LogP contribution in [0.1, 0.15) is 25.3 Å². The van der Waals surface area contributed by atoms with Gasteiger partial charge in [0.15, 0.2) is 0 Å². The molecule has 1 amide bonds. The first-order chi connectivity index (χ1) is 8.08. The SMILES string of the molecule is CCCC(C#N)C(=O)Nc1ncc(Br)cc1C. The molecule has 0 radical (unpaired) electrons. The van der Waals surface area contributed by atoms with E-state index in [1.807, 2.05) is 26.0 Å².